The molecule has 0 fully saturated rings. The highest BCUT2D eigenvalue weighted by atomic mass is 19.4. The predicted octanol–water partition coefficient (Wildman–Crippen LogP) is 3.94. The van der Waals surface area contributed by atoms with Gasteiger partial charge in [0.25, 0.3) is 0 Å². The van der Waals surface area contributed by atoms with Crippen LogP contribution in [0.15, 0.2) is 77.9 Å². The van der Waals surface area contributed by atoms with Crippen molar-refractivity contribution in [2.45, 2.75) is 13.3 Å². The van der Waals surface area contributed by atoms with E-state index in [0.29, 0.717) is 17.1 Å². The molecule has 4 aromatic rings. The molecule has 0 saturated heterocycles. The van der Waals surface area contributed by atoms with Gasteiger partial charge < -0.3 is 10.1 Å². The van der Waals surface area contributed by atoms with Crippen LogP contribution >= 0.6 is 0 Å². The van der Waals surface area contributed by atoms with Gasteiger partial charge in [-0.05, 0) is 36.4 Å². The summed E-state index contributed by atoms with van der Waals surface area (Å²) < 4.78 is 44.4. The molecule has 0 aliphatic rings. The number of anilines is 1. The average Bonchev–Trinajstić information content (AvgIpc) is 3.22. The molecular weight excluding hydrogens is 439 g/mol. The van der Waals surface area contributed by atoms with E-state index in [1.54, 1.807) is 30.3 Å². The van der Waals surface area contributed by atoms with E-state index < -0.39 is 17.5 Å². The third-order valence-electron chi connectivity index (χ3n) is 4.42. The monoisotopic (exact) mass is 455 g/mol. The quantitative estimate of drug-likeness (QED) is 0.492. The lowest BCUT2D eigenvalue weighted by Crippen LogP contribution is -2.17. The van der Waals surface area contributed by atoms with Gasteiger partial charge in [-0.2, -0.15) is 10.2 Å². The largest absolute Gasteiger partial charge is 0.573 e. The van der Waals surface area contributed by atoms with Crippen molar-refractivity contribution >= 4 is 11.6 Å². The van der Waals surface area contributed by atoms with Crippen molar-refractivity contribution in [1.82, 2.24) is 19.6 Å². The Balaban J connectivity index is 1.74. The Bertz CT molecular complexity index is 1380. The fourth-order valence-corrected chi connectivity index (χ4v) is 3.16. The second-order valence-electron chi connectivity index (χ2n) is 6.88. The smallest absolute Gasteiger partial charge is 0.406 e. The van der Waals surface area contributed by atoms with Crippen LogP contribution in [-0.4, -0.2) is 31.8 Å². The number of rotatable bonds is 5. The van der Waals surface area contributed by atoms with Crippen LogP contribution in [0.3, 0.4) is 0 Å². The summed E-state index contributed by atoms with van der Waals surface area (Å²) in [7, 11) is 0. The number of hydrogen-bond donors (Lipinski definition) is 1. The van der Waals surface area contributed by atoms with Gasteiger partial charge in [-0.25, -0.2) is 9.36 Å². The number of alkyl halides is 3. The number of aromatic nitrogens is 4. The zero-order valence-electron chi connectivity index (χ0n) is 17.1. The number of amides is 1. The lowest BCUT2D eigenvalue weighted by atomic mass is 10.2. The topological polar surface area (TPSA) is 91.0 Å². The van der Waals surface area contributed by atoms with Crippen LogP contribution in [0.25, 0.3) is 22.8 Å². The molecule has 8 nitrogen and oxygen atoms in total. The highest BCUT2D eigenvalue weighted by molar-refractivity contribution is 5.89. The molecule has 11 heteroatoms. The van der Waals surface area contributed by atoms with Crippen LogP contribution in [0.4, 0.5) is 18.9 Å². The van der Waals surface area contributed by atoms with Crippen molar-refractivity contribution in [3.05, 3.63) is 83.3 Å². The Labute approximate surface area is 184 Å². The standard InChI is InChI=1S/C22H16F3N5O3/c1-14(31)27-15-4-2-6-17(12-15)30-19(8-10-26-30)21-20(32)9-11-29(28-21)16-5-3-7-18(13-16)33-22(23,24)25/h2-13H,1H3,(H,27,31). The molecule has 4 rings (SSSR count). The lowest BCUT2D eigenvalue weighted by molar-refractivity contribution is -0.274. The SMILES string of the molecule is CC(=O)Nc1cccc(-n2nccc2-c2nn(-c3cccc(OC(F)(F)F)c3)ccc2=O)c1. The number of halogens is 3. The summed E-state index contributed by atoms with van der Waals surface area (Å²) in [5.41, 5.74) is 1.35. The fraction of sp³-hybridized carbons (Fsp3) is 0.0909. The number of hydrogen-bond acceptors (Lipinski definition) is 5. The fourth-order valence-electron chi connectivity index (χ4n) is 3.16. The summed E-state index contributed by atoms with van der Waals surface area (Å²) in [6, 6.07) is 14.9. The summed E-state index contributed by atoms with van der Waals surface area (Å²) in [6.45, 7) is 1.39. The lowest BCUT2D eigenvalue weighted by Gasteiger charge is -2.12. The highest BCUT2D eigenvalue weighted by Gasteiger charge is 2.31. The van der Waals surface area contributed by atoms with E-state index >= 15 is 0 Å². The summed E-state index contributed by atoms with van der Waals surface area (Å²) in [4.78, 5) is 24.0. The van der Waals surface area contributed by atoms with E-state index in [2.05, 4.69) is 20.3 Å². The van der Waals surface area contributed by atoms with Crippen molar-refractivity contribution in [1.29, 1.82) is 0 Å². The van der Waals surface area contributed by atoms with Gasteiger partial charge in [0, 0.05) is 30.9 Å². The van der Waals surface area contributed by atoms with Crippen molar-refractivity contribution < 1.29 is 22.7 Å². The van der Waals surface area contributed by atoms with Crippen LogP contribution in [0.2, 0.25) is 0 Å². The molecule has 0 bridgehead atoms. The predicted molar refractivity (Wildman–Crippen MR) is 113 cm³/mol. The molecule has 0 atom stereocenters. The second kappa shape index (κ2) is 8.61. The average molecular weight is 455 g/mol. The number of carbonyl (C=O) groups is 1. The summed E-state index contributed by atoms with van der Waals surface area (Å²) in [6.07, 6.45) is -2.01. The molecule has 0 saturated carbocycles. The van der Waals surface area contributed by atoms with Crippen LogP contribution in [-0.2, 0) is 4.79 Å². The maximum atomic E-state index is 12.6. The molecule has 1 N–H and O–H groups in total. The van der Waals surface area contributed by atoms with E-state index in [1.807, 2.05) is 0 Å². The van der Waals surface area contributed by atoms with Gasteiger partial charge in [0.15, 0.2) is 5.69 Å². The summed E-state index contributed by atoms with van der Waals surface area (Å²) >= 11 is 0. The second-order valence-corrected chi connectivity index (χ2v) is 6.88. The Kier molecular flexibility index (Phi) is 5.69. The van der Waals surface area contributed by atoms with E-state index in [1.165, 1.54) is 46.9 Å². The maximum Gasteiger partial charge on any atom is 0.573 e. The van der Waals surface area contributed by atoms with Crippen LogP contribution in [0.5, 0.6) is 5.75 Å². The Morgan fingerprint density at radius 1 is 1.03 bits per heavy atom. The molecule has 0 aliphatic carbocycles. The van der Waals surface area contributed by atoms with Crippen molar-refractivity contribution in [3.8, 4) is 28.5 Å². The first-order valence-electron chi connectivity index (χ1n) is 9.58. The van der Waals surface area contributed by atoms with Crippen molar-refractivity contribution in [2.24, 2.45) is 0 Å². The number of nitrogens with one attached hydrogen (secondary N) is 1. The maximum absolute atomic E-state index is 12.6. The molecule has 0 aliphatic heterocycles. The van der Waals surface area contributed by atoms with Gasteiger partial charge in [0.1, 0.15) is 5.75 Å². The zero-order chi connectivity index (χ0) is 23.6. The molecule has 0 spiro atoms. The normalized spacial score (nSPS) is 11.3. The van der Waals surface area contributed by atoms with E-state index in [-0.39, 0.29) is 17.3 Å². The van der Waals surface area contributed by atoms with Crippen molar-refractivity contribution in [3.63, 3.8) is 0 Å². The molecule has 2 aromatic heterocycles. The molecule has 2 heterocycles. The van der Waals surface area contributed by atoms with Gasteiger partial charge in [-0.1, -0.05) is 12.1 Å². The van der Waals surface area contributed by atoms with Crippen molar-refractivity contribution in [2.75, 3.05) is 5.32 Å². The molecule has 1 amide bonds. The van der Waals surface area contributed by atoms with Crippen LogP contribution in [0, 0.1) is 0 Å². The number of carbonyl (C=O) groups excluding carboxylic acids is 1. The minimum Gasteiger partial charge on any atom is -0.406 e. The molecule has 2 aromatic carbocycles. The summed E-state index contributed by atoms with van der Waals surface area (Å²) in [5.74, 6) is -0.654. The molecule has 0 unspecified atom stereocenters. The third-order valence-corrected chi connectivity index (χ3v) is 4.42. The molecular formula is C22H16F3N5O3. The number of nitrogens with zero attached hydrogens (tertiary/aromatic N) is 4. The Hall–Kier alpha value is -4.41. The molecule has 168 valence electrons. The number of ether oxygens (including phenoxy) is 1. The van der Waals surface area contributed by atoms with Gasteiger partial charge in [-0.3, -0.25) is 9.59 Å². The first-order valence-corrected chi connectivity index (χ1v) is 9.58. The Morgan fingerprint density at radius 3 is 2.55 bits per heavy atom. The van der Waals surface area contributed by atoms with Crippen LogP contribution < -0.4 is 15.5 Å². The Morgan fingerprint density at radius 2 is 1.79 bits per heavy atom. The van der Waals surface area contributed by atoms with E-state index in [0.717, 1.165) is 12.1 Å². The zero-order valence-corrected chi connectivity index (χ0v) is 17.1. The highest BCUT2D eigenvalue weighted by Crippen LogP contribution is 2.25. The van der Waals surface area contributed by atoms with E-state index in [4.69, 9.17) is 0 Å². The number of benzene rings is 2. The first-order chi connectivity index (χ1) is 15.7. The molecule has 33 heavy (non-hydrogen) atoms. The van der Waals surface area contributed by atoms with E-state index in [9.17, 15) is 22.8 Å². The minimum atomic E-state index is -4.83. The summed E-state index contributed by atoms with van der Waals surface area (Å²) in [5, 5.41) is 11.2. The molecule has 0 radical (unpaired) electrons. The first kappa shape index (κ1) is 21.8. The van der Waals surface area contributed by atoms with Gasteiger partial charge in [-0.15, -0.1) is 13.2 Å². The van der Waals surface area contributed by atoms with Crippen LogP contribution in [0.1, 0.15) is 6.92 Å². The minimum absolute atomic E-state index is 0.0297. The van der Waals surface area contributed by atoms with Gasteiger partial charge in [0.2, 0.25) is 11.3 Å². The van der Waals surface area contributed by atoms with Gasteiger partial charge in [0.05, 0.1) is 23.3 Å². The third kappa shape index (κ3) is 5.09. The van der Waals surface area contributed by atoms with Gasteiger partial charge >= 0.3 is 6.36 Å².